The molecule has 1 rings (SSSR count). The van der Waals surface area contributed by atoms with Crippen molar-refractivity contribution >= 4 is 11.7 Å². The van der Waals surface area contributed by atoms with Gasteiger partial charge in [-0.3, -0.25) is 14.5 Å². The second kappa shape index (κ2) is 13.3. The summed E-state index contributed by atoms with van der Waals surface area (Å²) >= 11 is 0. The van der Waals surface area contributed by atoms with Crippen molar-refractivity contribution in [2.75, 3.05) is 26.5 Å². The van der Waals surface area contributed by atoms with Gasteiger partial charge in [0.05, 0.1) is 6.61 Å². The highest BCUT2D eigenvalue weighted by Gasteiger charge is 2.58. The number of azide groups is 1. The predicted molar refractivity (Wildman–Crippen MR) is 109 cm³/mol. The molecule has 1 saturated heterocycles. The van der Waals surface area contributed by atoms with E-state index >= 15 is 0 Å². The van der Waals surface area contributed by atoms with Crippen LogP contribution in [0, 0.1) is 0 Å². The fourth-order valence-electron chi connectivity index (χ4n) is 3.15. The lowest BCUT2D eigenvalue weighted by Crippen LogP contribution is -2.50. The van der Waals surface area contributed by atoms with Crippen LogP contribution in [-0.2, 0) is 23.8 Å². The molecule has 0 N–H and O–H groups in total. The van der Waals surface area contributed by atoms with Crippen molar-refractivity contribution in [1.29, 1.82) is 0 Å². The van der Waals surface area contributed by atoms with Gasteiger partial charge >= 0.3 is 0 Å². The van der Waals surface area contributed by atoms with Gasteiger partial charge in [0.2, 0.25) is 5.91 Å². The molecular formula is C20H33FN4O5. The fourth-order valence-corrected chi connectivity index (χ4v) is 3.15. The number of hydrogen-bond donors (Lipinski definition) is 0. The van der Waals surface area contributed by atoms with E-state index in [1.807, 2.05) is 13.8 Å². The van der Waals surface area contributed by atoms with Crippen LogP contribution >= 0.6 is 0 Å². The zero-order valence-corrected chi connectivity index (χ0v) is 18.3. The Bertz CT molecular complexity index is 641. The quantitative estimate of drug-likeness (QED) is 0.138. The molecule has 0 aliphatic carbocycles. The molecule has 1 aliphatic heterocycles. The minimum absolute atomic E-state index is 0.115. The number of ketones is 1. The molecule has 30 heavy (non-hydrogen) atoms. The van der Waals surface area contributed by atoms with E-state index in [0.717, 1.165) is 30.6 Å². The molecule has 0 saturated carbocycles. The van der Waals surface area contributed by atoms with Crippen LogP contribution in [0.2, 0.25) is 0 Å². The van der Waals surface area contributed by atoms with Crippen LogP contribution in [-0.4, -0.2) is 67.1 Å². The second-order valence-corrected chi connectivity index (χ2v) is 7.31. The number of carbonyl (C=O) groups is 2. The Balaban J connectivity index is 3.31. The molecule has 9 nitrogen and oxygen atoms in total. The lowest BCUT2D eigenvalue weighted by Gasteiger charge is -2.32. The van der Waals surface area contributed by atoms with Crippen LogP contribution < -0.4 is 0 Å². The molecule has 1 fully saturated rings. The van der Waals surface area contributed by atoms with Gasteiger partial charge in [0, 0.05) is 31.2 Å². The molecule has 0 aromatic heterocycles. The molecule has 10 heteroatoms. The summed E-state index contributed by atoms with van der Waals surface area (Å²) < 4.78 is 32.0. The number of rotatable bonds is 14. The van der Waals surface area contributed by atoms with Gasteiger partial charge in [0.25, 0.3) is 0 Å². The molecule has 0 spiro atoms. The molecule has 0 bridgehead atoms. The van der Waals surface area contributed by atoms with Crippen molar-refractivity contribution in [3.05, 3.63) is 22.7 Å². The number of hydrogen-bond acceptors (Lipinski definition) is 6. The fraction of sp³-hybridized carbons (Fsp3) is 0.800. The zero-order valence-electron chi connectivity index (χ0n) is 18.3. The summed E-state index contributed by atoms with van der Waals surface area (Å²) in [6.45, 7) is 6.28. The van der Waals surface area contributed by atoms with Crippen molar-refractivity contribution in [2.45, 2.75) is 77.4 Å². The molecule has 0 aromatic rings. The maximum atomic E-state index is 14.4. The molecule has 0 unspecified atom stereocenters. The van der Waals surface area contributed by atoms with Gasteiger partial charge in [-0.2, -0.15) is 0 Å². The zero-order chi connectivity index (χ0) is 22.6. The number of unbranched alkanes of at least 4 members (excludes halogenated alkanes) is 2. The summed E-state index contributed by atoms with van der Waals surface area (Å²) in [6.07, 6.45) is 3.66. The van der Waals surface area contributed by atoms with Gasteiger partial charge < -0.3 is 14.2 Å². The molecule has 1 amide bonds. The summed E-state index contributed by atoms with van der Waals surface area (Å²) in [5.74, 6) is -0.737. The summed E-state index contributed by atoms with van der Waals surface area (Å²) in [6, 6.07) is -1.02. The van der Waals surface area contributed by atoms with Crippen LogP contribution in [0.1, 0.15) is 53.4 Å². The van der Waals surface area contributed by atoms with Crippen molar-refractivity contribution in [1.82, 2.24) is 4.90 Å². The summed E-state index contributed by atoms with van der Waals surface area (Å²) in [5.41, 5.74) is 7.57. The number of carbonyl (C=O) groups excluding carboxylic acids is 2. The van der Waals surface area contributed by atoms with E-state index in [9.17, 15) is 14.0 Å². The molecule has 0 aromatic carbocycles. The highest BCUT2D eigenvalue weighted by atomic mass is 19.1. The van der Waals surface area contributed by atoms with Gasteiger partial charge in [-0.15, -0.1) is 0 Å². The van der Waals surface area contributed by atoms with Crippen LogP contribution in [0.25, 0.3) is 10.4 Å². The SMILES string of the molecule is CCCCOC[C@@]1(CF)O[C@@H](N(/C=C\C(C)=O)C(C)=O)[C@@H](N=[N+]=[N-])[C@@H]1OCCCC. The lowest BCUT2D eigenvalue weighted by atomic mass is 9.95. The highest BCUT2D eigenvalue weighted by Crippen LogP contribution is 2.38. The first kappa shape index (κ1) is 26.0. The Morgan fingerprint density at radius 2 is 1.93 bits per heavy atom. The van der Waals surface area contributed by atoms with E-state index < -0.39 is 36.6 Å². The molecule has 1 heterocycles. The first-order valence-corrected chi connectivity index (χ1v) is 10.3. The topological polar surface area (TPSA) is 114 Å². The monoisotopic (exact) mass is 428 g/mol. The van der Waals surface area contributed by atoms with E-state index in [0.29, 0.717) is 13.2 Å². The van der Waals surface area contributed by atoms with E-state index in [1.54, 1.807) is 0 Å². The number of nitrogens with zero attached hydrogens (tertiary/aromatic N) is 4. The smallest absolute Gasteiger partial charge is 0.225 e. The Kier molecular flexibility index (Phi) is 11.6. The van der Waals surface area contributed by atoms with Crippen LogP contribution in [0.5, 0.6) is 0 Å². The third-order valence-electron chi connectivity index (χ3n) is 4.78. The first-order chi connectivity index (χ1) is 14.4. The molecule has 170 valence electrons. The number of alkyl halides is 1. The lowest BCUT2D eigenvalue weighted by molar-refractivity contribution is -0.172. The van der Waals surface area contributed by atoms with E-state index in [2.05, 4.69) is 10.0 Å². The van der Waals surface area contributed by atoms with E-state index in [4.69, 9.17) is 19.7 Å². The maximum absolute atomic E-state index is 14.4. The molecular weight excluding hydrogens is 395 g/mol. The average molecular weight is 429 g/mol. The summed E-state index contributed by atoms with van der Waals surface area (Å²) in [7, 11) is 0. The number of ether oxygens (including phenoxy) is 3. The minimum Gasteiger partial charge on any atom is -0.378 e. The second-order valence-electron chi connectivity index (χ2n) is 7.31. The maximum Gasteiger partial charge on any atom is 0.225 e. The van der Waals surface area contributed by atoms with Crippen LogP contribution in [0.15, 0.2) is 17.4 Å². The Morgan fingerprint density at radius 1 is 1.27 bits per heavy atom. The molecule has 0 radical (unpaired) electrons. The van der Waals surface area contributed by atoms with Crippen LogP contribution in [0.3, 0.4) is 0 Å². The Labute approximate surface area is 177 Å². The standard InChI is InChI=1S/C20H33FN4O5/c1-5-7-11-28-14-20(13-21)18(29-12-8-6-2)17(23-24-22)19(30-20)25(16(4)27)10-9-15(3)26/h9-10,17-19H,5-8,11-14H2,1-4H3/b10-9-/t17-,18-,19+,20+/m0/s1. The van der Waals surface area contributed by atoms with Gasteiger partial charge in [-0.25, -0.2) is 4.39 Å². The van der Waals surface area contributed by atoms with Gasteiger partial charge in [-0.05, 0) is 31.4 Å². The van der Waals surface area contributed by atoms with E-state index in [1.165, 1.54) is 26.1 Å². The van der Waals surface area contributed by atoms with Crippen molar-refractivity contribution in [2.24, 2.45) is 5.11 Å². The highest BCUT2D eigenvalue weighted by molar-refractivity contribution is 5.88. The third kappa shape index (κ3) is 7.05. The largest absolute Gasteiger partial charge is 0.378 e. The number of allylic oxidation sites excluding steroid dienone is 1. The molecule has 1 aliphatic rings. The number of amides is 1. The van der Waals surface area contributed by atoms with Crippen molar-refractivity contribution in [3.63, 3.8) is 0 Å². The average Bonchev–Trinajstić information content (AvgIpc) is 2.99. The third-order valence-corrected chi connectivity index (χ3v) is 4.78. The molecule has 4 atom stereocenters. The predicted octanol–water partition coefficient (Wildman–Crippen LogP) is 3.68. The van der Waals surface area contributed by atoms with Gasteiger partial charge in [0.15, 0.2) is 5.78 Å². The Morgan fingerprint density at radius 3 is 2.47 bits per heavy atom. The minimum atomic E-state index is -1.54. The van der Waals surface area contributed by atoms with Crippen LogP contribution in [0.4, 0.5) is 4.39 Å². The Hall–Kier alpha value is -2.00. The number of halogens is 1. The van der Waals surface area contributed by atoms with Crippen molar-refractivity contribution < 1.29 is 28.2 Å². The normalized spacial score (nSPS) is 26.0. The van der Waals surface area contributed by atoms with Gasteiger partial charge in [-0.1, -0.05) is 31.8 Å². The summed E-state index contributed by atoms with van der Waals surface area (Å²) in [4.78, 5) is 27.6. The van der Waals surface area contributed by atoms with Crippen molar-refractivity contribution in [3.8, 4) is 0 Å². The van der Waals surface area contributed by atoms with Gasteiger partial charge in [0.1, 0.15) is 30.6 Å². The summed E-state index contributed by atoms with van der Waals surface area (Å²) in [5, 5.41) is 3.78. The van der Waals surface area contributed by atoms with E-state index in [-0.39, 0.29) is 12.4 Å². The first-order valence-electron chi connectivity index (χ1n) is 10.3.